The molecule has 0 N–H and O–H groups in total. The van der Waals surface area contributed by atoms with E-state index in [2.05, 4.69) is 15.9 Å². The van der Waals surface area contributed by atoms with E-state index in [9.17, 15) is 12.8 Å². The lowest BCUT2D eigenvalue weighted by Gasteiger charge is -2.24. The predicted octanol–water partition coefficient (Wildman–Crippen LogP) is 2.45. The maximum atomic E-state index is 13.1. The van der Waals surface area contributed by atoms with Crippen molar-refractivity contribution in [2.45, 2.75) is 19.5 Å². The number of benzene rings is 1. The Bertz CT molecular complexity index is 519. The average molecular weight is 338 g/mol. The van der Waals surface area contributed by atoms with Crippen LogP contribution in [-0.2, 0) is 16.4 Å². The second-order valence-corrected chi connectivity index (χ2v) is 7.64. The molecule has 0 aliphatic carbocycles. The molecule has 0 aliphatic heterocycles. The summed E-state index contributed by atoms with van der Waals surface area (Å²) in [5.41, 5.74) is 0.936. The molecular formula is C12H17BrFNO2S. The molecule has 1 aromatic carbocycles. The zero-order chi connectivity index (χ0) is 13.9. The van der Waals surface area contributed by atoms with Gasteiger partial charge in [-0.15, -0.1) is 0 Å². The van der Waals surface area contributed by atoms with E-state index in [0.717, 1.165) is 5.56 Å². The van der Waals surface area contributed by atoms with Gasteiger partial charge in [0.25, 0.3) is 0 Å². The van der Waals surface area contributed by atoms with E-state index in [1.165, 1.54) is 12.3 Å². The van der Waals surface area contributed by atoms with Gasteiger partial charge in [0.1, 0.15) is 15.7 Å². The molecule has 0 aliphatic rings. The van der Waals surface area contributed by atoms with Gasteiger partial charge in [0.2, 0.25) is 0 Å². The topological polar surface area (TPSA) is 37.4 Å². The van der Waals surface area contributed by atoms with Crippen molar-refractivity contribution in [3.8, 4) is 0 Å². The SMILES string of the molecule is CC(CS(C)(=O)=O)N(C)Cc1ccc(F)c(Br)c1. The van der Waals surface area contributed by atoms with Crippen LogP contribution in [0.1, 0.15) is 12.5 Å². The van der Waals surface area contributed by atoms with Crippen LogP contribution < -0.4 is 0 Å². The summed E-state index contributed by atoms with van der Waals surface area (Å²) in [7, 11) is -1.13. The third kappa shape index (κ3) is 5.04. The molecule has 6 heteroatoms. The minimum atomic E-state index is -2.99. The first-order valence-corrected chi connectivity index (χ1v) is 8.36. The molecular weight excluding hydrogens is 321 g/mol. The predicted molar refractivity (Wildman–Crippen MR) is 74.7 cm³/mol. The van der Waals surface area contributed by atoms with Crippen LogP contribution in [0, 0.1) is 5.82 Å². The summed E-state index contributed by atoms with van der Waals surface area (Å²) in [5.74, 6) is -0.183. The zero-order valence-corrected chi connectivity index (χ0v) is 13.1. The fourth-order valence-electron chi connectivity index (χ4n) is 1.65. The molecule has 0 saturated heterocycles. The minimum absolute atomic E-state index is 0.0798. The number of nitrogens with zero attached hydrogens (tertiary/aromatic N) is 1. The van der Waals surface area contributed by atoms with Gasteiger partial charge >= 0.3 is 0 Å². The van der Waals surface area contributed by atoms with Crippen LogP contribution in [0.25, 0.3) is 0 Å². The van der Waals surface area contributed by atoms with Crippen LogP contribution in [0.2, 0.25) is 0 Å². The minimum Gasteiger partial charge on any atom is -0.298 e. The van der Waals surface area contributed by atoms with E-state index in [0.29, 0.717) is 11.0 Å². The highest BCUT2D eigenvalue weighted by molar-refractivity contribution is 9.10. The van der Waals surface area contributed by atoms with Crippen LogP contribution in [-0.4, -0.2) is 38.4 Å². The second kappa shape index (κ2) is 6.12. The smallest absolute Gasteiger partial charge is 0.148 e. The van der Waals surface area contributed by atoms with Gasteiger partial charge < -0.3 is 0 Å². The lowest BCUT2D eigenvalue weighted by molar-refractivity contribution is 0.267. The molecule has 0 bridgehead atoms. The van der Waals surface area contributed by atoms with Crippen LogP contribution in [0.3, 0.4) is 0 Å². The summed E-state index contributed by atoms with van der Waals surface area (Å²) in [6.45, 7) is 2.44. The van der Waals surface area contributed by atoms with Crippen LogP contribution in [0.4, 0.5) is 4.39 Å². The standard InChI is InChI=1S/C12H17BrFNO2S/c1-9(8-18(3,16)17)15(2)7-10-4-5-12(14)11(13)6-10/h4-6,9H,7-8H2,1-3H3. The van der Waals surface area contributed by atoms with Gasteiger partial charge in [-0.05, 0) is 47.6 Å². The van der Waals surface area contributed by atoms with Gasteiger partial charge in [-0.25, -0.2) is 12.8 Å². The van der Waals surface area contributed by atoms with Crippen molar-refractivity contribution < 1.29 is 12.8 Å². The lowest BCUT2D eigenvalue weighted by Crippen LogP contribution is -2.34. The van der Waals surface area contributed by atoms with Crippen molar-refractivity contribution in [1.29, 1.82) is 0 Å². The Morgan fingerprint density at radius 2 is 2.06 bits per heavy atom. The lowest BCUT2D eigenvalue weighted by atomic mass is 10.2. The molecule has 1 aromatic rings. The van der Waals surface area contributed by atoms with Gasteiger partial charge in [0, 0.05) is 18.8 Å². The van der Waals surface area contributed by atoms with Gasteiger partial charge in [0.05, 0.1) is 10.2 Å². The highest BCUT2D eigenvalue weighted by atomic mass is 79.9. The van der Waals surface area contributed by atoms with Crippen LogP contribution >= 0.6 is 15.9 Å². The average Bonchev–Trinajstić information content (AvgIpc) is 2.21. The number of halogens is 2. The van der Waals surface area contributed by atoms with Crippen molar-refractivity contribution in [3.05, 3.63) is 34.1 Å². The van der Waals surface area contributed by atoms with Crippen molar-refractivity contribution in [3.63, 3.8) is 0 Å². The third-order valence-corrected chi connectivity index (χ3v) is 4.41. The highest BCUT2D eigenvalue weighted by Gasteiger charge is 2.15. The van der Waals surface area contributed by atoms with E-state index in [1.54, 1.807) is 12.1 Å². The number of rotatable bonds is 5. The molecule has 1 unspecified atom stereocenters. The molecule has 18 heavy (non-hydrogen) atoms. The molecule has 0 fully saturated rings. The Morgan fingerprint density at radius 1 is 1.44 bits per heavy atom. The molecule has 0 aromatic heterocycles. The summed E-state index contributed by atoms with van der Waals surface area (Å²) in [6, 6.07) is 4.72. The highest BCUT2D eigenvalue weighted by Crippen LogP contribution is 2.18. The summed E-state index contributed by atoms with van der Waals surface area (Å²) < 4.78 is 35.9. The van der Waals surface area contributed by atoms with E-state index in [-0.39, 0.29) is 17.6 Å². The monoisotopic (exact) mass is 337 g/mol. The molecule has 0 saturated carbocycles. The molecule has 102 valence electrons. The fourth-order valence-corrected chi connectivity index (χ4v) is 3.20. The summed E-state index contributed by atoms with van der Waals surface area (Å²) in [4.78, 5) is 1.93. The first-order valence-electron chi connectivity index (χ1n) is 5.51. The largest absolute Gasteiger partial charge is 0.298 e. The molecule has 0 spiro atoms. The summed E-state index contributed by atoms with van der Waals surface area (Å²) >= 11 is 3.13. The Morgan fingerprint density at radius 3 is 2.56 bits per heavy atom. The van der Waals surface area contributed by atoms with Gasteiger partial charge in [0.15, 0.2) is 0 Å². The van der Waals surface area contributed by atoms with E-state index >= 15 is 0 Å². The Kier molecular flexibility index (Phi) is 5.31. The van der Waals surface area contributed by atoms with Gasteiger partial charge in [-0.3, -0.25) is 4.90 Å². The number of hydrogen-bond donors (Lipinski definition) is 0. The Labute approximate surface area is 116 Å². The molecule has 0 heterocycles. The van der Waals surface area contributed by atoms with Crippen molar-refractivity contribution in [2.75, 3.05) is 19.1 Å². The summed E-state index contributed by atoms with van der Waals surface area (Å²) in [6.07, 6.45) is 1.23. The molecule has 1 atom stereocenters. The normalized spacial score (nSPS) is 13.9. The molecule has 1 rings (SSSR count). The number of sulfone groups is 1. The fraction of sp³-hybridized carbons (Fsp3) is 0.500. The molecule has 0 amide bonds. The van der Waals surface area contributed by atoms with E-state index < -0.39 is 9.84 Å². The first-order chi connectivity index (χ1) is 8.19. The van der Waals surface area contributed by atoms with E-state index in [4.69, 9.17) is 0 Å². The van der Waals surface area contributed by atoms with Crippen LogP contribution in [0.5, 0.6) is 0 Å². The van der Waals surface area contributed by atoms with Crippen molar-refractivity contribution in [2.24, 2.45) is 0 Å². The Balaban J connectivity index is 2.69. The first kappa shape index (κ1) is 15.6. The number of hydrogen-bond acceptors (Lipinski definition) is 3. The Hall–Kier alpha value is -0.460. The van der Waals surface area contributed by atoms with Gasteiger partial charge in [-0.2, -0.15) is 0 Å². The second-order valence-electron chi connectivity index (χ2n) is 4.61. The van der Waals surface area contributed by atoms with Crippen molar-refractivity contribution >= 4 is 25.8 Å². The quantitative estimate of drug-likeness (QED) is 0.828. The maximum absolute atomic E-state index is 13.1. The maximum Gasteiger partial charge on any atom is 0.148 e. The van der Waals surface area contributed by atoms with Gasteiger partial charge in [-0.1, -0.05) is 6.07 Å². The third-order valence-electron chi connectivity index (χ3n) is 2.71. The van der Waals surface area contributed by atoms with E-state index in [1.807, 2.05) is 18.9 Å². The molecule has 0 radical (unpaired) electrons. The van der Waals surface area contributed by atoms with Crippen LogP contribution in [0.15, 0.2) is 22.7 Å². The van der Waals surface area contributed by atoms with Crippen molar-refractivity contribution in [1.82, 2.24) is 4.90 Å². The zero-order valence-electron chi connectivity index (χ0n) is 10.7. The summed E-state index contributed by atoms with van der Waals surface area (Å²) in [5, 5.41) is 0. The molecule has 3 nitrogen and oxygen atoms in total.